The van der Waals surface area contributed by atoms with Crippen molar-refractivity contribution in [3.05, 3.63) is 66.0 Å². The van der Waals surface area contributed by atoms with Crippen molar-refractivity contribution in [1.29, 1.82) is 0 Å². The number of rotatable bonds is 4. The highest BCUT2D eigenvalue weighted by atomic mass is 15.4. The van der Waals surface area contributed by atoms with E-state index in [0.717, 1.165) is 28.0 Å². The van der Waals surface area contributed by atoms with Crippen LogP contribution in [0, 0.1) is 0 Å². The molecule has 0 radical (unpaired) electrons. The van der Waals surface area contributed by atoms with Crippen LogP contribution >= 0.6 is 0 Å². The molecule has 8 heteroatoms. The Balaban J connectivity index is 1.73. The van der Waals surface area contributed by atoms with Crippen LogP contribution in [0.3, 0.4) is 0 Å². The fourth-order valence-electron chi connectivity index (χ4n) is 2.73. The Morgan fingerprint density at radius 3 is 2.77 bits per heavy atom. The summed E-state index contributed by atoms with van der Waals surface area (Å²) in [5.41, 5.74) is 10.6. The normalized spacial score (nSPS) is 12.4. The molecule has 26 heavy (non-hydrogen) atoms. The van der Waals surface area contributed by atoms with E-state index in [1.54, 1.807) is 30.2 Å². The lowest BCUT2D eigenvalue weighted by atomic mass is 10.1. The number of fused-ring (bicyclic) bond motifs is 2. The van der Waals surface area contributed by atoms with E-state index in [9.17, 15) is 0 Å². The minimum atomic E-state index is 0.577. The predicted molar refractivity (Wildman–Crippen MR) is 99.7 cm³/mol. The van der Waals surface area contributed by atoms with Gasteiger partial charge in [0.2, 0.25) is 0 Å². The van der Waals surface area contributed by atoms with Crippen LogP contribution in [-0.4, -0.2) is 43.0 Å². The molecule has 3 heterocycles. The average molecular weight is 344 g/mol. The van der Waals surface area contributed by atoms with Gasteiger partial charge >= 0.3 is 0 Å². The molecule has 0 saturated carbocycles. The topological polar surface area (TPSA) is 107 Å². The molecule has 3 aromatic heterocycles. The Labute approximate surface area is 149 Å². The standard InChI is InChI=1S/C18H16N8/c1-20-11-13(10-19)14-4-5-17-23-24-18(26(17)25-14)9-12-2-3-15-16(8-12)22-7-6-21-15/h2-8,10-11H,9,19H2,1H3. The van der Waals surface area contributed by atoms with Gasteiger partial charge in [-0.05, 0) is 29.8 Å². The molecule has 0 saturated heterocycles. The second-order valence-corrected chi connectivity index (χ2v) is 5.67. The average Bonchev–Trinajstić information content (AvgIpc) is 3.08. The third-order valence-electron chi connectivity index (χ3n) is 3.97. The van der Waals surface area contributed by atoms with Crippen LogP contribution in [0.4, 0.5) is 0 Å². The molecule has 0 unspecified atom stereocenters. The zero-order valence-corrected chi connectivity index (χ0v) is 14.1. The molecule has 0 aliphatic carbocycles. The zero-order chi connectivity index (χ0) is 17.9. The Hall–Kier alpha value is -3.68. The van der Waals surface area contributed by atoms with Gasteiger partial charge in [0.25, 0.3) is 0 Å². The minimum Gasteiger partial charge on any atom is -0.404 e. The van der Waals surface area contributed by atoms with Gasteiger partial charge in [0.15, 0.2) is 11.5 Å². The van der Waals surface area contributed by atoms with E-state index in [-0.39, 0.29) is 0 Å². The number of allylic oxidation sites excluding steroid dienone is 1. The van der Waals surface area contributed by atoms with Crippen LogP contribution < -0.4 is 5.73 Å². The zero-order valence-electron chi connectivity index (χ0n) is 14.1. The Bertz CT molecular complexity index is 1140. The fourth-order valence-corrected chi connectivity index (χ4v) is 2.73. The molecule has 0 bridgehead atoms. The smallest absolute Gasteiger partial charge is 0.177 e. The quantitative estimate of drug-likeness (QED) is 0.564. The summed E-state index contributed by atoms with van der Waals surface area (Å²) < 4.78 is 1.73. The molecular formula is C18H16N8. The van der Waals surface area contributed by atoms with Gasteiger partial charge in [0, 0.05) is 43.8 Å². The molecule has 0 atom stereocenters. The van der Waals surface area contributed by atoms with Crippen LogP contribution in [0.25, 0.3) is 22.3 Å². The summed E-state index contributed by atoms with van der Waals surface area (Å²) in [6, 6.07) is 9.67. The lowest BCUT2D eigenvalue weighted by Gasteiger charge is -2.04. The molecule has 0 fully saturated rings. The second-order valence-electron chi connectivity index (χ2n) is 5.67. The molecule has 128 valence electrons. The van der Waals surface area contributed by atoms with Crippen molar-refractivity contribution in [1.82, 2.24) is 29.8 Å². The first-order chi connectivity index (χ1) is 12.8. The van der Waals surface area contributed by atoms with Crippen molar-refractivity contribution in [2.24, 2.45) is 10.7 Å². The van der Waals surface area contributed by atoms with Gasteiger partial charge in [-0.25, -0.2) is 0 Å². The molecule has 1 aromatic carbocycles. The van der Waals surface area contributed by atoms with E-state index in [2.05, 4.69) is 30.3 Å². The van der Waals surface area contributed by atoms with E-state index < -0.39 is 0 Å². The third-order valence-corrected chi connectivity index (χ3v) is 3.97. The highest BCUT2D eigenvalue weighted by molar-refractivity contribution is 6.08. The van der Waals surface area contributed by atoms with Crippen LogP contribution in [0.2, 0.25) is 0 Å². The van der Waals surface area contributed by atoms with Crippen LogP contribution in [0.15, 0.2) is 53.9 Å². The summed E-state index contributed by atoms with van der Waals surface area (Å²) in [7, 11) is 1.69. The van der Waals surface area contributed by atoms with Crippen molar-refractivity contribution in [3.8, 4) is 0 Å². The predicted octanol–water partition coefficient (Wildman–Crippen LogP) is 1.66. The van der Waals surface area contributed by atoms with Gasteiger partial charge in [-0.3, -0.25) is 15.0 Å². The fraction of sp³-hybridized carbons (Fsp3) is 0.111. The number of aliphatic imine (C=N–C) groups is 1. The van der Waals surface area contributed by atoms with Crippen LogP contribution in [-0.2, 0) is 6.42 Å². The Kier molecular flexibility index (Phi) is 4.06. The number of aromatic nitrogens is 6. The monoisotopic (exact) mass is 344 g/mol. The highest BCUT2D eigenvalue weighted by Crippen LogP contribution is 2.16. The number of nitrogens with two attached hydrogens (primary N) is 1. The SMILES string of the molecule is CN=CC(=CN)c1ccc2nnc(Cc3ccc4nccnc4c3)n2n1. The highest BCUT2D eigenvalue weighted by Gasteiger charge is 2.10. The molecule has 4 rings (SSSR count). The van der Waals surface area contributed by atoms with Gasteiger partial charge in [0.1, 0.15) is 0 Å². The van der Waals surface area contributed by atoms with Gasteiger partial charge < -0.3 is 5.73 Å². The maximum Gasteiger partial charge on any atom is 0.177 e. The number of hydrogen-bond acceptors (Lipinski definition) is 7. The second kappa shape index (κ2) is 6.67. The van der Waals surface area contributed by atoms with Crippen molar-refractivity contribution in [2.75, 3.05) is 7.05 Å². The van der Waals surface area contributed by atoms with E-state index in [4.69, 9.17) is 5.73 Å². The Morgan fingerprint density at radius 2 is 1.96 bits per heavy atom. The summed E-state index contributed by atoms with van der Waals surface area (Å²) in [6.07, 6.45) is 7.09. The number of nitrogens with zero attached hydrogens (tertiary/aromatic N) is 7. The molecule has 0 spiro atoms. The van der Waals surface area contributed by atoms with Gasteiger partial charge in [-0.2, -0.15) is 9.61 Å². The minimum absolute atomic E-state index is 0.577. The molecule has 0 amide bonds. The lowest BCUT2D eigenvalue weighted by molar-refractivity contribution is 0.832. The maximum absolute atomic E-state index is 5.68. The molecular weight excluding hydrogens is 328 g/mol. The van der Waals surface area contributed by atoms with Crippen molar-refractivity contribution >= 4 is 28.5 Å². The van der Waals surface area contributed by atoms with Crippen molar-refractivity contribution < 1.29 is 0 Å². The lowest BCUT2D eigenvalue weighted by Crippen LogP contribution is -2.04. The van der Waals surface area contributed by atoms with E-state index in [1.807, 2.05) is 30.3 Å². The summed E-state index contributed by atoms with van der Waals surface area (Å²) >= 11 is 0. The first-order valence-corrected chi connectivity index (χ1v) is 8.04. The Morgan fingerprint density at radius 1 is 1.12 bits per heavy atom. The number of benzene rings is 1. The van der Waals surface area contributed by atoms with Gasteiger partial charge in [-0.15, -0.1) is 10.2 Å². The largest absolute Gasteiger partial charge is 0.404 e. The van der Waals surface area contributed by atoms with Crippen LogP contribution in [0.5, 0.6) is 0 Å². The molecule has 8 nitrogen and oxygen atoms in total. The van der Waals surface area contributed by atoms with Crippen molar-refractivity contribution in [2.45, 2.75) is 6.42 Å². The van der Waals surface area contributed by atoms with E-state index in [0.29, 0.717) is 17.8 Å². The summed E-state index contributed by atoms with van der Waals surface area (Å²) in [4.78, 5) is 12.6. The molecule has 0 aliphatic heterocycles. The first kappa shape index (κ1) is 15.8. The van der Waals surface area contributed by atoms with Crippen LogP contribution in [0.1, 0.15) is 17.1 Å². The molecule has 2 N–H and O–H groups in total. The van der Waals surface area contributed by atoms with Crippen molar-refractivity contribution in [3.63, 3.8) is 0 Å². The van der Waals surface area contributed by atoms with E-state index >= 15 is 0 Å². The van der Waals surface area contributed by atoms with Gasteiger partial charge in [0.05, 0.1) is 16.7 Å². The van der Waals surface area contributed by atoms with E-state index in [1.165, 1.54) is 6.20 Å². The molecule has 0 aliphatic rings. The molecule has 4 aromatic rings. The summed E-state index contributed by atoms with van der Waals surface area (Å²) in [5.74, 6) is 0.731. The third kappa shape index (κ3) is 2.88. The first-order valence-electron chi connectivity index (χ1n) is 8.04. The number of hydrogen-bond donors (Lipinski definition) is 1. The van der Waals surface area contributed by atoms with Gasteiger partial charge in [-0.1, -0.05) is 6.07 Å². The summed E-state index contributed by atoms with van der Waals surface area (Å²) in [5, 5.41) is 13.1. The summed E-state index contributed by atoms with van der Waals surface area (Å²) in [6.45, 7) is 0. The maximum atomic E-state index is 5.68.